The Bertz CT molecular complexity index is 813. The Kier molecular flexibility index (Phi) is 9.84. The maximum atomic E-state index is 11.7. The molecular weight excluding hydrogens is 519 g/mol. The zero-order valence-electron chi connectivity index (χ0n) is 17.1. The van der Waals surface area contributed by atoms with Crippen LogP contribution >= 0.6 is 46.7 Å². The third-order valence-corrected chi connectivity index (χ3v) is 6.76. The first-order valence-corrected chi connectivity index (χ1v) is 11.4. The predicted molar refractivity (Wildman–Crippen MR) is 132 cm³/mol. The topological polar surface area (TPSA) is 66.8 Å². The summed E-state index contributed by atoms with van der Waals surface area (Å²) < 4.78 is 4.88. The summed E-state index contributed by atoms with van der Waals surface area (Å²) in [4.78, 5) is 25.9. The molecule has 1 aliphatic heterocycles. The fraction of sp³-hybridized carbons (Fsp3) is 0.550. The van der Waals surface area contributed by atoms with E-state index in [1.54, 1.807) is 22.7 Å². The first-order valence-electron chi connectivity index (χ1n) is 9.73. The molecule has 2 aromatic heterocycles. The number of aromatic nitrogens is 1. The lowest BCUT2D eigenvalue weighted by molar-refractivity contribution is -0.146. The Morgan fingerprint density at radius 3 is 2.76 bits per heavy atom. The molecule has 9 heteroatoms. The Labute approximate surface area is 197 Å². The maximum absolute atomic E-state index is 11.7. The molecule has 3 heterocycles. The minimum absolute atomic E-state index is 0. The van der Waals surface area contributed by atoms with E-state index in [1.807, 2.05) is 6.92 Å². The molecule has 3 rings (SSSR count). The Morgan fingerprint density at radius 1 is 1.38 bits per heavy atom. The van der Waals surface area contributed by atoms with Crippen LogP contribution in [0.3, 0.4) is 0 Å². The van der Waals surface area contributed by atoms with Gasteiger partial charge in [-0.2, -0.15) is 0 Å². The first kappa shape index (κ1) is 24.1. The van der Waals surface area contributed by atoms with Crippen molar-refractivity contribution in [2.24, 2.45) is 10.9 Å². The van der Waals surface area contributed by atoms with E-state index in [9.17, 15) is 4.79 Å². The monoisotopic (exact) mass is 548 g/mol. The zero-order chi connectivity index (χ0) is 19.9. The number of nitrogens with zero attached hydrogens (tertiary/aromatic N) is 3. The Balaban J connectivity index is 0.00000300. The fourth-order valence-electron chi connectivity index (χ4n) is 3.32. The van der Waals surface area contributed by atoms with Crippen LogP contribution in [0.25, 0.3) is 10.6 Å². The predicted octanol–water partition coefficient (Wildman–Crippen LogP) is 4.19. The number of hydrogen-bond donors (Lipinski definition) is 1. The van der Waals surface area contributed by atoms with Gasteiger partial charge in [-0.05, 0) is 38.8 Å². The summed E-state index contributed by atoms with van der Waals surface area (Å²) >= 11 is 3.48. The van der Waals surface area contributed by atoms with Crippen LogP contribution < -0.4 is 5.32 Å². The minimum atomic E-state index is -0.0922. The van der Waals surface area contributed by atoms with Gasteiger partial charge in [0.25, 0.3) is 0 Å². The molecule has 0 bridgehead atoms. The van der Waals surface area contributed by atoms with E-state index in [0.717, 1.165) is 62.1 Å². The third kappa shape index (κ3) is 6.65. The highest BCUT2D eigenvalue weighted by atomic mass is 127. The van der Waals surface area contributed by atoms with Crippen molar-refractivity contribution < 1.29 is 9.53 Å². The highest BCUT2D eigenvalue weighted by Crippen LogP contribution is 2.29. The van der Waals surface area contributed by atoms with Gasteiger partial charge in [0.1, 0.15) is 0 Å². The van der Waals surface area contributed by atoms with Crippen molar-refractivity contribution in [2.75, 3.05) is 33.3 Å². The molecule has 0 spiro atoms. The van der Waals surface area contributed by atoms with E-state index in [4.69, 9.17) is 9.73 Å². The average molecular weight is 549 g/mol. The van der Waals surface area contributed by atoms with Gasteiger partial charge in [-0.3, -0.25) is 9.79 Å². The summed E-state index contributed by atoms with van der Waals surface area (Å²) in [5.41, 5.74) is 1.07. The number of esters is 1. The molecule has 0 unspecified atom stereocenters. The molecule has 1 saturated heterocycles. The van der Waals surface area contributed by atoms with Crippen LogP contribution in [-0.2, 0) is 16.0 Å². The molecule has 0 radical (unpaired) electrons. The van der Waals surface area contributed by atoms with Crippen LogP contribution in [0.1, 0.15) is 29.7 Å². The molecule has 29 heavy (non-hydrogen) atoms. The van der Waals surface area contributed by atoms with Crippen molar-refractivity contribution in [1.82, 2.24) is 15.2 Å². The van der Waals surface area contributed by atoms with Crippen molar-refractivity contribution in [1.29, 1.82) is 0 Å². The number of ether oxygens (including phenoxy) is 1. The SMILES string of the molecule is CCNC(=NCCc1ccc(-c2csc(C)n2)s1)N1CCC(C(=O)OC)CC1.I. The summed E-state index contributed by atoms with van der Waals surface area (Å²) in [6.45, 7) is 7.36. The summed E-state index contributed by atoms with van der Waals surface area (Å²) in [7, 11) is 1.46. The molecule has 1 fully saturated rings. The Morgan fingerprint density at radius 2 is 2.14 bits per heavy atom. The van der Waals surface area contributed by atoms with Crippen molar-refractivity contribution in [3.63, 3.8) is 0 Å². The summed E-state index contributed by atoms with van der Waals surface area (Å²) in [5.74, 6) is 0.867. The molecule has 2 aromatic rings. The van der Waals surface area contributed by atoms with Crippen molar-refractivity contribution in [3.8, 4) is 10.6 Å². The van der Waals surface area contributed by atoms with E-state index in [2.05, 4.69) is 39.6 Å². The van der Waals surface area contributed by atoms with Crippen LogP contribution in [0, 0.1) is 12.8 Å². The van der Waals surface area contributed by atoms with Gasteiger partial charge in [0.15, 0.2) is 5.96 Å². The van der Waals surface area contributed by atoms with Gasteiger partial charge < -0.3 is 15.0 Å². The number of methoxy groups -OCH3 is 1. The molecule has 0 saturated carbocycles. The summed E-state index contributed by atoms with van der Waals surface area (Å²) in [6.07, 6.45) is 2.55. The van der Waals surface area contributed by atoms with Gasteiger partial charge in [-0.25, -0.2) is 4.98 Å². The quantitative estimate of drug-likeness (QED) is 0.254. The second-order valence-electron chi connectivity index (χ2n) is 6.79. The lowest BCUT2D eigenvalue weighted by Gasteiger charge is -2.33. The third-order valence-electron chi connectivity index (χ3n) is 4.82. The first-order chi connectivity index (χ1) is 13.6. The molecule has 1 aliphatic rings. The van der Waals surface area contributed by atoms with E-state index in [-0.39, 0.29) is 35.9 Å². The van der Waals surface area contributed by atoms with Gasteiger partial charge in [0, 0.05) is 42.9 Å². The zero-order valence-corrected chi connectivity index (χ0v) is 21.1. The molecule has 6 nitrogen and oxygen atoms in total. The van der Waals surface area contributed by atoms with Crippen LogP contribution in [-0.4, -0.2) is 55.1 Å². The number of rotatable bonds is 6. The average Bonchev–Trinajstić information content (AvgIpc) is 3.36. The van der Waals surface area contributed by atoms with Crippen LogP contribution in [0.5, 0.6) is 0 Å². The smallest absolute Gasteiger partial charge is 0.308 e. The number of halogens is 1. The van der Waals surface area contributed by atoms with Crippen molar-refractivity contribution in [2.45, 2.75) is 33.1 Å². The summed E-state index contributed by atoms with van der Waals surface area (Å²) in [5, 5.41) is 6.60. The van der Waals surface area contributed by atoms with Gasteiger partial charge in [-0.1, -0.05) is 0 Å². The van der Waals surface area contributed by atoms with Crippen LogP contribution in [0.2, 0.25) is 0 Å². The molecule has 0 atom stereocenters. The molecule has 0 amide bonds. The number of thiophene rings is 1. The van der Waals surface area contributed by atoms with Gasteiger partial charge in [0.05, 0.1) is 28.6 Å². The molecule has 1 N–H and O–H groups in total. The second kappa shape index (κ2) is 11.8. The molecule has 0 aromatic carbocycles. The van der Waals surface area contributed by atoms with Crippen LogP contribution in [0.15, 0.2) is 22.5 Å². The van der Waals surface area contributed by atoms with Gasteiger partial charge in [0.2, 0.25) is 0 Å². The normalized spacial score (nSPS) is 15.1. The molecular formula is C20H29IN4O2S2. The number of aliphatic imine (C=N–C) groups is 1. The Hall–Kier alpha value is -1.20. The highest BCUT2D eigenvalue weighted by molar-refractivity contribution is 14.0. The number of aryl methyl sites for hydroxylation is 1. The van der Waals surface area contributed by atoms with E-state index in [1.165, 1.54) is 16.9 Å². The van der Waals surface area contributed by atoms with Crippen LogP contribution in [0.4, 0.5) is 0 Å². The van der Waals surface area contributed by atoms with E-state index in [0.29, 0.717) is 0 Å². The maximum Gasteiger partial charge on any atom is 0.308 e. The largest absolute Gasteiger partial charge is 0.469 e. The number of likely N-dealkylation sites (tertiary alicyclic amines) is 1. The van der Waals surface area contributed by atoms with Crippen molar-refractivity contribution >= 4 is 58.6 Å². The van der Waals surface area contributed by atoms with E-state index < -0.39 is 0 Å². The number of hydrogen-bond acceptors (Lipinski definition) is 6. The number of thiazole rings is 1. The number of carbonyl (C=O) groups is 1. The van der Waals surface area contributed by atoms with E-state index >= 15 is 0 Å². The second-order valence-corrected chi connectivity index (χ2v) is 9.02. The molecule has 160 valence electrons. The minimum Gasteiger partial charge on any atom is -0.469 e. The number of nitrogens with one attached hydrogen (secondary N) is 1. The number of piperidine rings is 1. The standard InChI is InChI=1S/C20H28N4O2S2.HI/c1-4-21-20(24-11-8-15(9-12-24)19(25)26-3)22-10-7-16-5-6-18(28-16)17-13-27-14(2)23-17;/h5-6,13,15H,4,7-12H2,1-3H3,(H,21,22);1H. The number of guanidine groups is 1. The number of carbonyl (C=O) groups excluding carboxylic acids is 1. The fourth-order valence-corrected chi connectivity index (χ4v) is 4.96. The van der Waals surface area contributed by atoms with Crippen molar-refractivity contribution in [3.05, 3.63) is 27.4 Å². The lowest BCUT2D eigenvalue weighted by Crippen LogP contribution is -2.46. The lowest BCUT2D eigenvalue weighted by atomic mass is 9.97. The summed E-state index contributed by atoms with van der Waals surface area (Å²) in [6, 6.07) is 4.33. The van der Waals surface area contributed by atoms with Gasteiger partial charge in [-0.15, -0.1) is 46.7 Å². The van der Waals surface area contributed by atoms with Gasteiger partial charge >= 0.3 is 5.97 Å². The molecule has 0 aliphatic carbocycles. The highest BCUT2D eigenvalue weighted by Gasteiger charge is 2.26.